The average molecular weight is 554 g/mol. The first-order valence-electron chi connectivity index (χ1n) is 8.77. The Hall–Kier alpha value is -2.43. The van der Waals surface area contributed by atoms with Gasteiger partial charge in [-0.3, -0.25) is 32.3 Å². The molecule has 0 saturated carbocycles. The molecule has 201 valence electrons. The van der Waals surface area contributed by atoms with Crippen molar-refractivity contribution in [3.05, 3.63) is 0 Å². The Bertz CT molecular complexity index is 455. The predicted molar refractivity (Wildman–Crippen MR) is 108 cm³/mol. The van der Waals surface area contributed by atoms with Gasteiger partial charge in [-0.15, -0.1) is 0 Å². The van der Waals surface area contributed by atoms with Crippen molar-refractivity contribution in [3.63, 3.8) is 0 Å². The second kappa shape index (κ2) is 24.2. The van der Waals surface area contributed by atoms with Crippen molar-refractivity contribution >= 4 is 38.5 Å². The van der Waals surface area contributed by atoms with E-state index >= 15 is 0 Å². The maximum Gasteiger partial charge on any atom is 2.00 e. The van der Waals surface area contributed by atoms with E-state index in [0.717, 1.165) is 0 Å². The van der Waals surface area contributed by atoms with Crippen LogP contribution < -0.4 is 21.3 Å². The number of rotatable bonds is 4. The van der Waals surface area contributed by atoms with Gasteiger partial charge in [0.2, 0.25) is 0 Å². The summed E-state index contributed by atoms with van der Waals surface area (Å²) in [5.74, 6) is 0.178. The summed E-state index contributed by atoms with van der Waals surface area (Å²) in [5.41, 5.74) is 0. The minimum absolute atomic E-state index is 0. The minimum atomic E-state index is -6.00. The molecular formula is C12H28B2CuF8N8O2. The van der Waals surface area contributed by atoms with Crippen LogP contribution in [0.2, 0.25) is 0 Å². The number of guanidine groups is 2. The summed E-state index contributed by atoms with van der Waals surface area (Å²) in [6.07, 6.45) is 0. The first kappa shape index (κ1) is 40.9. The molecule has 0 fully saturated rings. The monoisotopic (exact) mass is 553 g/mol. The normalized spacial score (nSPS) is 9.33. The van der Waals surface area contributed by atoms with Crippen LogP contribution >= 0.6 is 0 Å². The second-order valence-corrected chi connectivity index (χ2v) is 4.57. The van der Waals surface area contributed by atoms with Gasteiger partial charge in [-0.05, 0) is 27.7 Å². The standard InChI is InChI=1S/2C6H14N4O.2BF4.Cu/c2*1-3-9-5(7)10-6(8)11-4-2;2*2-1(3,4)5;/h2*3-4H2,1-2H3,(H4,7,8,9,10);;;/q;;2*-1;+2. The molecular weight excluding hydrogens is 525 g/mol. The topological polar surface area (TPSA) is 162 Å². The van der Waals surface area contributed by atoms with Crippen LogP contribution in [0.25, 0.3) is 0 Å². The van der Waals surface area contributed by atoms with Gasteiger partial charge in [-0.25, -0.2) is 0 Å². The van der Waals surface area contributed by atoms with E-state index in [1.165, 1.54) is 0 Å². The van der Waals surface area contributed by atoms with E-state index in [2.05, 4.69) is 21.3 Å². The zero-order valence-corrected chi connectivity index (χ0v) is 19.1. The number of ether oxygens (including phenoxy) is 2. The van der Waals surface area contributed by atoms with Crippen molar-refractivity contribution in [1.82, 2.24) is 21.3 Å². The van der Waals surface area contributed by atoms with Crippen molar-refractivity contribution in [2.75, 3.05) is 26.3 Å². The third-order valence-corrected chi connectivity index (χ3v) is 1.76. The van der Waals surface area contributed by atoms with Gasteiger partial charge in [0.15, 0.2) is 11.9 Å². The maximum absolute atomic E-state index is 9.75. The van der Waals surface area contributed by atoms with Gasteiger partial charge in [0.05, 0.1) is 13.2 Å². The first-order valence-corrected chi connectivity index (χ1v) is 8.77. The van der Waals surface area contributed by atoms with Crippen molar-refractivity contribution < 1.29 is 61.1 Å². The number of hydrogen-bond donors (Lipinski definition) is 8. The van der Waals surface area contributed by atoms with Crippen LogP contribution in [0.4, 0.5) is 34.5 Å². The molecule has 0 aromatic rings. The Kier molecular flexibility index (Phi) is 30.0. The van der Waals surface area contributed by atoms with Gasteiger partial charge < -0.3 is 54.6 Å². The Morgan fingerprint density at radius 1 is 0.606 bits per heavy atom. The SMILES string of the molecule is CCNC(=N)NC(=N)OCC.CCNC(=N)NC(=N)OCC.F[B-](F)(F)F.F[B-](F)(F)F.[Cu+2]. The van der Waals surface area contributed by atoms with Gasteiger partial charge in [-0.1, -0.05) is 0 Å². The van der Waals surface area contributed by atoms with Crippen LogP contribution in [-0.2, 0) is 26.5 Å². The summed E-state index contributed by atoms with van der Waals surface area (Å²) in [5, 5.41) is 38.7. The van der Waals surface area contributed by atoms with E-state index in [4.69, 9.17) is 31.1 Å². The second-order valence-electron chi connectivity index (χ2n) is 4.57. The summed E-state index contributed by atoms with van der Waals surface area (Å²) in [6.45, 7) is 9.51. The van der Waals surface area contributed by atoms with Crippen molar-refractivity contribution in [1.29, 1.82) is 21.6 Å². The molecule has 0 heterocycles. The Morgan fingerprint density at radius 2 is 0.818 bits per heavy atom. The van der Waals surface area contributed by atoms with Gasteiger partial charge in [0.25, 0.3) is 12.0 Å². The third kappa shape index (κ3) is 72.8. The molecule has 0 spiro atoms. The zero-order valence-electron chi connectivity index (χ0n) is 18.1. The average Bonchev–Trinajstić information content (AvgIpc) is 2.52. The fourth-order valence-corrected chi connectivity index (χ4v) is 1.03. The van der Waals surface area contributed by atoms with Crippen LogP contribution in [0.1, 0.15) is 27.7 Å². The molecule has 0 aliphatic carbocycles. The Labute approximate surface area is 197 Å². The van der Waals surface area contributed by atoms with Gasteiger partial charge in [-0.2, -0.15) is 0 Å². The fourth-order valence-electron chi connectivity index (χ4n) is 1.03. The number of amidine groups is 2. The molecule has 0 aliphatic heterocycles. The molecule has 8 N–H and O–H groups in total. The molecule has 0 aromatic heterocycles. The van der Waals surface area contributed by atoms with E-state index in [0.29, 0.717) is 26.3 Å². The third-order valence-electron chi connectivity index (χ3n) is 1.76. The summed E-state index contributed by atoms with van der Waals surface area (Å²) in [4.78, 5) is 0. The van der Waals surface area contributed by atoms with E-state index in [1.54, 1.807) is 13.8 Å². The van der Waals surface area contributed by atoms with Crippen molar-refractivity contribution in [2.24, 2.45) is 0 Å². The fraction of sp³-hybridized carbons (Fsp3) is 0.667. The van der Waals surface area contributed by atoms with Gasteiger partial charge >= 0.3 is 31.6 Å². The van der Waals surface area contributed by atoms with E-state index < -0.39 is 14.5 Å². The molecule has 0 saturated heterocycles. The molecule has 0 aliphatic rings. The minimum Gasteiger partial charge on any atom is -0.465 e. The molecule has 21 heteroatoms. The number of halogens is 8. The molecule has 0 unspecified atom stereocenters. The van der Waals surface area contributed by atoms with Crippen molar-refractivity contribution in [2.45, 2.75) is 27.7 Å². The van der Waals surface area contributed by atoms with Crippen LogP contribution in [0.5, 0.6) is 0 Å². The molecule has 0 atom stereocenters. The molecule has 1 radical (unpaired) electrons. The maximum atomic E-state index is 9.75. The molecule has 33 heavy (non-hydrogen) atoms. The zero-order chi connectivity index (χ0) is 26.4. The van der Waals surface area contributed by atoms with Gasteiger partial charge in [0.1, 0.15) is 0 Å². The van der Waals surface area contributed by atoms with Crippen LogP contribution in [-0.4, -0.2) is 64.8 Å². The van der Waals surface area contributed by atoms with E-state index in [1.807, 2.05) is 13.8 Å². The summed E-state index contributed by atoms with van der Waals surface area (Å²) >= 11 is 0. The van der Waals surface area contributed by atoms with Crippen molar-refractivity contribution in [3.8, 4) is 0 Å². The molecule has 10 nitrogen and oxygen atoms in total. The largest absolute Gasteiger partial charge is 2.00 e. The number of nitrogens with one attached hydrogen (secondary N) is 8. The predicted octanol–water partition coefficient (Wildman–Crippen LogP) is 2.78. The summed E-state index contributed by atoms with van der Waals surface area (Å²) < 4.78 is 87.5. The van der Waals surface area contributed by atoms with Crippen LogP contribution in [0.3, 0.4) is 0 Å². The molecule has 0 bridgehead atoms. The van der Waals surface area contributed by atoms with E-state index in [9.17, 15) is 34.5 Å². The molecule has 0 aromatic carbocycles. The van der Waals surface area contributed by atoms with Crippen LogP contribution in [0, 0.1) is 21.6 Å². The smallest absolute Gasteiger partial charge is 0.465 e. The molecule has 0 amide bonds. The van der Waals surface area contributed by atoms with Crippen LogP contribution in [0.15, 0.2) is 0 Å². The van der Waals surface area contributed by atoms with Gasteiger partial charge in [0, 0.05) is 13.1 Å². The summed E-state index contributed by atoms with van der Waals surface area (Å²) in [6, 6.07) is -0.197. The number of hydrogen-bond acceptors (Lipinski definition) is 6. The summed E-state index contributed by atoms with van der Waals surface area (Å²) in [7, 11) is -12.0. The Balaban J connectivity index is -0.000000112. The Morgan fingerprint density at radius 3 is 0.970 bits per heavy atom. The van der Waals surface area contributed by atoms with E-state index in [-0.39, 0.29) is 41.0 Å². The first-order chi connectivity index (χ1) is 14.4. The molecule has 0 rings (SSSR count). The quantitative estimate of drug-likeness (QED) is 0.116.